The highest BCUT2D eigenvalue weighted by molar-refractivity contribution is 7.90. The minimum atomic E-state index is -3.92. The van der Waals surface area contributed by atoms with Gasteiger partial charge in [-0.3, -0.25) is 4.57 Å². The number of pyridine rings is 1. The second-order valence-electron chi connectivity index (χ2n) is 8.04. The van der Waals surface area contributed by atoms with Gasteiger partial charge in [0.25, 0.3) is 0 Å². The number of nitrogens with zero attached hydrogens (tertiary/aromatic N) is 6. The molecule has 4 aromatic rings. The van der Waals surface area contributed by atoms with Crippen LogP contribution in [0.1, 0.15) is 23.3 Å². The summed E-state index contributed by atoms with van der Waals surface area (Å²) in [5.41, 5.74) is 1.57. The molecule has 0 amide bonds. The molecule has 1 N–H and O–H groups in total. The Labute approximate surface area is 213 Å². The molecule has 4 rings (SSSR count). The largest absolute Gasteiger partial charge is 0.494 e. The van der Waals surface area contributed by atoms with E-state index in [-0.39, 0.29) is 17.5 Å². The van der Waals surface area contributed by atoms with Crippen LogP contribution in [0.15, 0.2) is 48.8 Å². The molecule has 0 aliphatic rings. The van der Waals surface area contributed by atoms with Gasteiger partial charge in [0.1, 0.15) is 34.7 Å². The van der Waals surface area contributed by atoms with Crippen molar-refractivity contribution in [1.29, 1.82) is 0 Å². The van der Waals surface area contributed by atoms with Crippen molar-refractivity contribution < 1.29 is 27.7 Å². The number of sulfone groups is 1. The Morgan fingerprint density at radius 1 is 0.946 bits per heavy atom. The van der Waals surface area contributed by atoms with Crippen molar-refractivity contribution in [2.75, 3.05) is 27.1 Å². The number of rotatable bonds is 10. The number of ether oxygens (including phenoxy) is 3. The summed E-state index contributed by atoms with van der Waals surface area (Å²) in [5, 5.41) is 18.9. The first-order chi connectivity index (χ1) is 17.8. The maximum absolute atomic E-state index is 13.2. The van der Waals surface area contributed by atoms with Gasteiger partial charge in [0.05, 0.1) is 27.1 Å². The Hall–Kier alpha value is -4.10. The Balaban J connectivity index is 1.80. The molecule has 0 saturated carbocycles. The smallest absolute Gasteiger partial charge is 0.213 e. The van der Waals surface area contributed by atoms with Crippen LogP contribution in [0.5, 0.6) is 17.4 Å². The third kappa shape index (κ3) is 5.67. The highest BCUT2D eigenvalue weighted by atomic mass is 32.2. The van der Waals surface area contributed by atoms with Gasteiger partial charge in [-0.2, -0.15) is 0 Å². The van der Waals surface area contributed by atoms with Gasteiger partial charge < -0.3 is 19.3 Å². The summed E-state index contributed by atoms with van der Waals surface area (Å²) < 4.78 is 44.3. The molecule has 0 bridgehead atoms. The normalized spacial score (nSPS) is 12.2. The van der Waals surface area contributed by atoms with Crippen LogP contribution in [0.25, 0.3) is 17.2 Å². The molecule has 0 radical (unpaired) electrons. The maximum atomic E-state index is 13.2. The third-order valence-electron chi connectivity index (χ3n) is 5.38. The first-order valence-corrected chi connectivity index (χ1v) is 12.9. The number of benzene rings is 1. The van der Waals surface area contributed by atoms with Crippen LogP contribution in [0.3, 0.4) is 0 Å². The maximum Gasteiger partial charge on any atom is 0.213 e. The van der Waals surface area contributed by atoms with Crippen LogP contribution in [-0.2, 0) is 15.6 Å². The number of aromatic nitrogens is 6. The van der Waals surface area contributed by atoms with Crippen molar-refractivity contribution in [2.45, 2.75) is 18.8 Å². The van der Waals surface area contributed by atoms with E-state index in [1.807, 2.05) is 0 Å². The molecule has 13 heteroatoms. The lowest BCUT2D eigenvalue weighted by molar-refractivity contribution is 0.191. The number of aliphatic hydroxyl groups excluding tert-OH is 1. The molecule has 3 aromatic heterocycles. The zero-order valence-corrected chi connectivity index (χ0v) is 21.5. The van der Waals surface area contributed by atoms with Gasteiger partial charge in [0.15, 0.2) is 27.3 Å². The van der Waals surface area contributed by atoms with E-state index in [0.29, 0.717) is 28.8 Å². The summed E-state index contributed by atoms with van der Waals surface area (Å²) in [6.45, 7) is 1.79. The van der Waals surface area contributed by atoms with Gasteiger partial charge in [-0.05, 0) is 30.7 Å². The zero-order chi connectivity index (χ0) is 26.6. The Morgan fingerprint density at radius 2 is 1.59 bits per heavy atom. The van der Waals surface area contributed by atoms with Gasteiger partial charge in [-0.25, -0.2) is 23.4 Å². The van der Waals surface area contributed by atoms with E-state index < -0.39 is 27.4 Å². The lowest BCUT2D eigenvalue weighted by atomic mass is 10.2. The molecule has 12 nitrogen and oxygen atoms in total. The van der Waals surface area contributed by atoms with Gasteiger partial charge >= 0.3 is 0 Å². The fourth-order valence-electron chi connectivity index (χ4n) is 3.66. The van der Waals surface area contributed by atoms with Crippen molar-refractivity contribution in [1.82, 2.24) is 29.7 Å². The summed E-state index contributed by atoms with van der Waals surface area (Å²) in [7, 11) is 0.537. The van der Waals surface area contributed by atoms with E-state index in [4.69, 9.17) is 14.2 Å². The number of aliphatic hydroxyl groups is 1. The minimum Gasteiger partial charge on any atom is -0.494 e. The fourth-order valence-corrected chi connectivity index (χ4v) is 4.99. The van der Waals surface area contributed by atoms with E-state index in [2.05, 4.69) is 25.1 Å². The second kappa shape index (κ2) is 10.9. The summed E-state index contributed by atoms with van der Waals surface area (Å²) in [6.07, 6.45) is 1.61. The monoisotopic (exact) mass is 526 g/mol. The molecule has 37 heavy (non-hydrogen) atoms. The van der Waals surface area contributed by atoms with Crippen LogP contribution in [-0.4, -0.2) is 70.3 Å². The number of hydrogen-bond donors (Lipinski definition) is 1. The van der Waals surface area contributed by atoms with Crippen LogP contribution < -0.4 is 14.2 Å². The van der Waals surface area contributed by atoms with Crippen molar-refractivity contribution >= 4 is 9.84 Å². The van der Waals surface area contributed by atoms with Gasteiger partial charge in [-0.1, -0.05) is 12.1 Å². The number of hydrogen-bond acceptors (Lipinski definition) is 11. The van der Waals surface area contributed by atoms with Crippen molar-refractivity contribution in [3.05, 3.63) is 66.0 Å². The first-order valence-electron chi connectivity index (χ1n) is 11.1. The van der Waals surface area contributed by atoms with Crippen LogP contribution in [0.4, 0.5) is 0 Å². The molecule has 0 fully saturated rings. The Bertz CT molecular complexity index is 1470. The summed E-state index contributed by atoms with van der Waals surface area (Å²) in [6, 6.07) is 10.3. The molecular formula is C24H26N6O6S. The zero-order valence-electron chi connectivity index (χ0n) is 20.7. The summed E-state index contributed by atoms with van der Waals surface area (Å²) in [4.78, 5) is 12.5. The van der Waals surface area contributed by atoms with Gasteiger partial charge in [0, 0.05) is 18.5 Å². The van der Waals surface area contributed by atoms with Crippen molar-refractivity contribution in [3.63, 3.8) is 0 Å². The highest BCUT2D eigenvalue weighted by Gasteiger charge is 2.28. The molecule has 0 unspecified atom stereocenters. The van der Waals surface area contributed by atoms with Crippen LogP contribution in [0.2, 0.25) is 0 Å². The van der Waals surface area contributed by atoms with E-state index in [0.717, 1.165) is 5.56 Å². The molecule has 0 aliphatic carbocycles. The Kier molecular flexibility index (Phi) is 7.64. The average Bonchev–Trinajstić information content (AvgIpc) is 3.30. The number of aryl methyl sites for hydroxylation is 1. The van der Waals surface area contributed by atoms with Crippen molar-refractivity contribution in [2.24, 2.45) is 0 Å². The fraction of sp³-hybridized carbons (Fsp3) is 0.292. The van der Waals surface area contributed by atoms with Gasteiger partial charge in [-0.15, -0.1) is 10.2 Å². The molecule has 1 aromatic carbocycles. The van der Waals surface area contributed by atoms with E-state index in [1.165, 1.54) is 38.3 Å². The number of methoxy groups -OCH3 is 3. The third-order valence-corrected chi connectivity index (χ3v) is 6.90. The molecule has 0 aliphatic heterocycles. The first kappa shape index (κ1) is 26.0. The Morgan fingerprint density at radius 3 is 2.22 bits per heavy atom. The highest BCUT2D eigenvalue weighted by Crippen LogP contribution is 2.36. The molecule has 194 valence electrons. The lowest BCUT2D eigenvalue weighted by Gasteiger charge is -2.17. The van der Waals surface area contributed by atoms with E-state index >= 15 is 0 Å². The van der Waals surface area contributed by atoms with E-state index in [9.17, 15) is 13.5 Å². The SMILES string of the molecule is COc1cccc(-c2nnc(CS(=O)(=O)C[C@H](O)c3ncc(C)cn3)n2-c2c(OC)cccc2OC)n1. The molecule has 1 atom stereocenters. The second-order valence-corrected chi connectivity index (χ2v) is 10.1. The predicted octanol–water partition coefficient (Wildman–Crippen LogP) is 2.10. The standard InChI is InChI=1S/C24H26N6O6S/c1-15-11-25-23(26-12-15)17(31)13-37(32,33)14-20-28-29-24(16-7-5-10-21(27-16)36-4)30(20)22-18(34-2)8-6-9-19(22)35-3/h5-12,17,31H,13-14H2,1-4H3/t17-/m0/s1. The molecule has 0 saturated heterocycles. The van der Waals surface area contributed by atoms with Gasteiger partial charge in [0.2, 0.25) is 5.88 Å². The molecular weight excluding hydrogens is 500 g/mol. The molecule has 0 spiro atoms. The minimum absolute atomic E-state index is 0.0170. The lowest BCUT2D eigenvalue weighted by Crippen LogP contribution is -2.20. The molecule has 3 heterocycles. The quantitative estimate of drug-likeness (QED) is 0.323. The van der Waals surface area contributed by atoms with Crippen molar-refractivity contribution in [3.8, 4) is 34.6 Å². The topological polar surface area (TPSA) is 151 Å². The van der Waals surface area contributed by atoms with Crippen LogP contribution >= 0.6 is 0 Å². The predicted molar refractivity (Wildman–Crippen MR) is 133 cm³/mol. The van der Waals surface area contributed by atoms with E-state index in [1.54, 1.807) is 43.3 Å². The number of para-hydroxylation sites is 1. The summed E-state index contributed by atoms with van der Waals surface area (Å²) in [5.74, 6) is 0.309. The summed E-state index contributed by atoms with van der Waals surface area (Å²) >= 11 is 0. The van der Waals surface area contributed by atoms with Crippen LogP contribution in [0, 0.1) is 6.92 Å². The average molecular weight is 527 g/mol.